The molecule has 0 aliphatic carbocycles. The van der Waals surface area contributed by atoms with Crippen LogP contribution in [0.5, 0.6) is 0 Å². The molecule has 5 heteroatoms. The van der Waals surface area contributed by atoms with Crippen molar-refractivity contribution in [2.24, 2.45) is 0 Å². The zero-order valence-electron chi connectivity index (χ0n) is 10.2. The minimum atomic E-state index is -0.302. The maximum atomic E-state index is 12.2. The molecular weight excluding hydrogens is 342 g/mol. The van der Waals surface area contributed by atoms with E-state index in [0.29, 0.717) is 16.3 Å². The first-order valence-corrected chi connectivity index (χ1v) is 7.05. The molecule has 0 bridgehead atoms. The standard InChI is InChI=1S/C15H9BrClNO2/c16-11-3-1-2-4-12(11)18-15(19)14-8-9-7-10(17)5-6-13(9)20-14/h1-8H,(H,18,19). The Kier molecular flexibility index (Phi) is 3.51. The Morgan fingerprint density at radius 2 is 1.95 bits per heavy atom. The number of rotatable bonds is 2. The largest absolute Gasteiger partial charge is 0.451 e. The number of anilines is 1. The molecule has 20 heavy (non-hydrogen) atoms. The number of benzene rings is 2. The van der Waals surface area contributed by atoms with E-state index in [-0.39, 0.29) is 11.7 Å². The fourth-order valence-corrected chi connectivity index (χ4v) is 2.44. The van der Waals surface area contributed by atoms with E-state index in [9.17, 15) is 4.79 Å². The Hall–Kier alpha value is -1.78. The smallest absolute Gasteiger partial charge is 0.291 e. The Morgan fingerprint density at radius 3 is 2.75 bits per heavy atom. The molecule has 0 fully saturated rings. The molecule has 0 saturated heterocycles. The highest BCUT2D eigenvalue weighted by Gasteiger charge is 2.13. The predicted octanol–water partition coefficient (Wildman–Crippen LogP) is 5.10. The number of amides is 1. The van der Waals surface area contributed by atoms with E-state index in [1.807, 2.05) is 24.3 Å². The highest BCUT2D eigenvalue weighted by atomic mass is 79.9. The minimum Gasteiger partial charge on any atom is -0.451 e. The number of carbonyl (C=O) groups is 1. The van der Waals surface area contributed by atoms with Crippen LogP contribution in [0.15, 0.2) is 57.4 Å². The lowest BCUT2D eigenvalue weighted by Crippen LogP contribution is -2.11. The lowest BCUT2D eigenvalue weighted by Gasteiger charge is -2.04. The summed E-state index contributed by atoms with van der Waals surface area (Å²) in [6.07, 6.45) is 0. The summed E-state index contributed by atoms with van der Waals surface area (Å²) < 4.78 is 6.32. The molecule has 0 spiro atoms. The SMILES string of the molecule is O=C(Nc1ccccc1Br)c1cc2cc(Cl)ccc2o1. The first-order valence-electron chi connectivity index (χ1n) is 5.88. The van der Waals surface area contributed by atoms with Gasteiger partial charge in [-0.1, -0.05) is 23.7 Å². The number of hydrogen-bond donors (Lipinski definition) is 1. The summed E-state index contributed by atoms with van der Waals surface area (Å²) in [5, 5.41) is 4.20. The minimum absolute atomic E-state index is 0.248. The van der Waals surface area contributed by atoms with Gasteiger partial charge in [0.15, 0.2) is 5.76 Å². The zero-order chi connectivity index (χ0) is 14.1. The summed E-state index contributed by atoms with van der Waals surface area (Å²) in [7, 11) is 0. The van der Waals surface area contributed by atoms with Crippen LogP contribution < -0.4 is 5.32 Å². The molecule has 3 nitrogen and oxygen atoms in total. The van der Waals surface area contributed by atoms with E-state index in [0.717, 1.165) is 9.86 Å². The van der Waals surface area contributed by atoms with Gasteiger partial charge in [0.1, 0.15) is 5.58 Å². The summed E-state index contributed by atoms with van der Waals surface area (Å²) in [5.41, 5.74) is 1.32. The Labute approximate surface area is 128 Å². The lowest BCUT2D eigenvalue weighted by molar-refractivity contribution is 0.0998. The second kappa shape index (κ2) is 5.31. The van der Waals surface area contributed by atoms with Crippen molar-refractivity contribution in [2.75, 3.05) is 5.32 Å². The van der Waals surface area contributed by atoms with Crippen LogP contribution in [-0.2, 0) is 0 Å². The number of nitrogens with one attached hydrogen (secondary N) is 1. The molecule has 0 aliphatic heterocycles. The van der Waals surface area contributed by atoms with Crippen molar-refractivity contribution in [3.63, 3.8) is 0 Å². The van der Waals surface area contributed by atoms with Crippen molar-refractivity contribution in [3.8, 4) is 0 Å². The molecule has 0 unspecified atom stereocenters. The van der Waals surface area contributed by atoms with E-state index in [4.69, 9.17) is 16.0 Å². The fraction of sp³-hybridized carbons (Fsp3) is 0. The molecule has 0 atom stereocenters. The third-order valence-corrected chi connectivity index (χ3v) is 3.75. The summed E-state index contributed by atoms with van der Waals surface area (Å²) in [6.45, 7) is 0. The number of hydrogen-bond acceptors (Lipinski definition) is 2. The Morgan fingerprint density at radius 1 is 1.15 bits per heavy atom. The molecular formula is C15H9BrClNO2. The van der Waals surface area contributed by atoms with Crippen LogP contribution >= 0.6 is 27.5 Å². The molecule has 0 radical (unpaired) electrons. The van der Waals surface area contributed by atoms with Crippen molar-refractivity contribution >= 4 is 50.1 Å². The summed E-state index contributed by atoms with van der Waals surface area (Å²) in [4.78, 5) is 12.2. The molecule has 100 valence electrons. The molecule has 2 aromatic carbocycles. The van der Waals surface area contributed by atoms with Crippen LogP contribution in [-0.4, -0.2) is 5.91 Å². The quantitative estimate of drug-likeness (QED) is 0.698. The van der Waals surface area contributed by atoms with Gasteiger partial charge in [-0.25, -0.2) is 0 Å². The predicted molar refractivity (Wildman–Crippen MR) is 83.3 cm³/mol. The number of furan rings is 1. The van der Waals surface area contributed by atoms with Gasteiger partial charge >= 0.3 is 0 Å². The van der Waals surface area contributed by atoms with E-state index in [2.05, 4.69) is 21.2 Å². The van der Waals surface area contributed by atoms with Crippen molar-refractivity contribution in [2.45, 2.75) is 0 Å². The number of fused-ring (bicyclic) bond motifs is 1. The van der Waals surface area contributed by atoms with Crippen LogP contribution in [0.25, 0.3) is 11.0 Å². The van der Waals surface area contributed by atoms with Crippen molar-refractivity contribution < 1.29 is 9.21 Å². The van der Waals surface area contributed by atoms with E-state index < -0.39 is 0 Å². The number of carbonyl (C=O) groups excluding carboxylic acids is 1. The van der Waals surface area contributed by atoms with Crippen molar-refractivity contribution in [1.29, 1.82) is 0 Å². The molecule has 0 aliphatic rings. The zero-order valence-corrected chi connectivity index (χ0v) is 12.5. The van der Waals surface area contributed by atoms with Crippen molar-refractivity contribution in [1.82, 2.24) is 0 Å². The Balaban J connectivity index is 1.91. The van der Waals surface area contributed by atoms with Gasteiger partial charge in [0, 0.05) is 14.9 Å². The highest BCUT2D eigenvalue weighted by molar-refractivity contribution is 9.10. The topological polar surface area (TPSA) is 42.2 Å². The van der Waals surface area contributed by atoms with Gasteiger partial charge in [0.05, 0.1) is 5.69 Å². The van der Waals surface area contributed by atoms with E-state index in [1.54, 1.807) is 24.3 Å². The average molecular weight is 351 g/mol. The number of para-hydroxylation sites is 1. The maximum absolute atomic E-state index is 12.2. The monoisotopic (exact) mass is 349 g/mol. The van der Waals surface area contributed by atoms with Crippen LogP contribution in [0.1, 0.15) is 10.6 Å². The fourth-order valence-electron chi connectivity index (χ4n) is 1.87. The first-order chi connectivity index (χ1) is 9.63. The lowest BCUT2D eigenvalue weighted by atomic mass is 10.2. The summed E-state index contributed by atoms with van der Waals surface area (Å²) >= 11 is 9.29. The summed E-state index contributed by atoms with van der Waals surface area (Å²) in [5.74, 6) is -0.0535. The van der Waals surface area contributed by atoms with Crippen LogP contribution in [0.3, 0.4) is 0 Å². The second-order valence-corrected chi connectivity index (χ2v) is 5.52. The van der Waals surface area contributed by atoms with Gasteiger partial charge < -0.3 is 9.73 Å². The third-order valence-electron chi connectivity index (χ3n) is 2.82. The maximum Gasteiger partial charge on any atom is 0.291 e. The first kappa shape index (κ1) is 13.2. The third kappa shape index (κ3) is 2.57. The molecule has 3 rings (SSSR count). The van der Waals surface area contributed by atoms with Gasteiger partial charge in [0.25, 0.3) is 5.91 Å². The molecule has 1 amide bonds. The Bertz CT molecular complexity index is 797. The van der Waals surface area contributed by atoms with Gasteiger partial charge in [-0.2, -0.15) is 0 Å². The van der Waals surface area contributed by atoms with Crippen molar-refractivity contribution in [3.05, 3.63) is 63.8 Å². The number of halogens is 2. The van der Waals surface area contributed by atoms with Gasteiger partial charge in [-0.05, 0) is 52.3 Å². The molecule has 1 heterocycles. The van der Waals surface area contributed by atoms with Crippen LogP contribution in [0.4, 0.5) is 5.69 Å². The summed E-state index contributed by atoms with van der Waals surface area (Å²) in [6, 6.07) is 14.3. The van der Waals surface area contributed by atoms with Gasteiger partial charge in [0.2, 0.25) is 0 Å². The van der Waals surface area contributed by atoms with Gasteiger partial charge in [-0.3, -0.25) is 4.79 Å². The van der Waals surface area contributed by atoms with Gasteiger partial charge in [-0.15, -0.1) is 0 Å². The van der Waals surface area contributed by atoms with E-state index >= 15 is 0 Å². The van der Waals surface area contributed by atoms with Crippen LogP contribution in [0.2, 0.25) is 5.02 Å². The average Bonchev–Trinajstić information content (AvgIpc) is 2.84. The second-order valence-electron chi connectivity index (χ2n) is 4.23. The molecule has 0 saturated carbocycles. The van der Waals surface area contributed by atoms with Crippen LogP contribution in [0, 0.1) is 0 Å². The normalized spacial score (nSPS) is 10.7. The highest BCUT2D eigenvalue weighted by Crippen LogP contribution is 2.25. The molecule has 3 aromatic rings. The molecule has 1 N–H and O–H groups in total. The van der Waals surface area contributed by atoms with E-state index in [1.165, 1.54) is 0 Å². The molecule has 1 aromatic heterocycles.